The van der Waals surface area contributed by atoms with Gasteiger partial charge in [-0.25, -0.2) is 4.68 Å². The van der Waals surface area contributed by atoms with Gasteiger partial charge in [-0.15, -0.1) is 5.10 Å². The van der Waals surface area contributed by atoms with Gasteiger partial charge in [0.15, 0.2) is 0 Å². The van der Waals surface area contributed by atoms with E-state index in [-0.39, 0.29) is 11.8 Å². The average molecular weight is 327 g/mol. The summed E-state index contributed by atoms with van der Waals surface area (Å²) in [6.07, 6.45) is 6.34. The lowest BCUT2D eigenvalue weighted by atomic mass is 9.71. The number of amides is 1. The number of carbonyl (C=O) groups is 1. The molecule has 7 nitrogen and oxygen atoms in total. The number of carbonyl (C=O) groups excluding carboxylic acids is 1. The summed E-state index contributed by atoms with van der Waals surface area (Å²) in [6.45, 7) is 1.28. The molecule has 0 unspecified atom stereocenters. The molecular formula is C17H21N5O2. The van der Waals surface area contributed by atoms with Crippen LogP contribution in [0.2, 0.25) is 0 Å². The van der Waals surface area contributed by atoms with Crippen LogP contribution in [-0.2, 0) is 0 Å². The summed E-state index contributed by atoms with van der Waals surface area (Å²) in [5, 5.41) is 21.8. The van der Waals surface area contributed by atoms with Crippen LogP contribution in [0.5, 0.6) is 0 Å². The third-order valence-corrected chi connectivity index (χ3v) is 5.44. The highest BCUT2D eigenvalue weighted by atomic mass is 16.3. The number of hydrogen-bond acceptors (Lipinski definition) is 5. The van der Waals surface area contributed by atoms with E-state index in [0.29, 0.717) is 25.1 Å². The summed E-state index contributed by atoms with van der Waals surface area (Å²) in [4.78, 5) is 14.7. The predicted octanol–water partition coefficient (Wildman–Crippen LogP) is 1.43. The van der Waals surface area contributed by atoms with Gasteiger partial charge >= 0.3 is 0 Å². The van der Waals surface area contributed by atoms with Gasteiger partial charge in [0.25, 0.3) is 5.91 Å². The number of piperidine rings is 1. The molecule has 4 rings (SSSR count). The van der Waals surface area contributed by atoms with Crippen LogP contribution in [0.15, 0.2) is 30.6 Å². The molecule has 0 bridgehead atoms. The molecule has 1 N–H and O–H groups in total. The Labute approximate surface area is 140 Å². The number of nitrogens with zero attached hydrogens (tertiary/aromatic N) is 5. The van der Waals surface area contributed by atoms with E-state index in [2.05, 4.69) is 15.5 Å². The summed E-state index contributed by atoms with van der Waals surface area (Å²) in [6, 6.07) is 7.29. The predicted molar refractivity (Wildman–Crippen MR) is 86.6 cm³/mol. The first-order chi connectivity index (χ1) is 11.7. The smallest absolute Gasteiger partial charge is 0.253 e. The topological polar surface area (TPSA) is 84.1 Å². The van der Waals surface area contributed by atoms with Crippen LogP contribution >= 0.6 is 0 Å². The highest BCUT2D eigenvalue weighted by Gasteiger charge is 2.43. The standard InChI is InChI=1S/C17H21N5O2/c23-16(13-4-6-15(7-5-13)22-12-18-19-20-22)21-10-9-17(24)8-2-1-3-14(17)11-21/h4-7,12,14,24H,1-3,8-11H2/t14-,17-/m1/s1. The van der Waals surface area contributed by atoms with Crippen LogP contribution in [0.1, 0.15) is 42.5 Å². The molecule has 126 valence electrons. The molecule has 2 fully saturated rings. The van der Waals surface area contributed by atoms with Crippen LogP contribution in [0.3, 0.4) is 0 Å². The van der Waals surface area contributed by atoms with Gasteiger partial charge in [-0.2, -0.15) is 0 Å². The van der Waals surface area contributed by atoms with E-state index < -0.39 is 5.60 Å². The maximum Gasteiger partial charge on any atom is 0.253 e. The zero-order valence-electron chi connectivity index (χ0n) is 13.5. The Hall–Kier alpha value is -2.28. The van der Waals surface area contributed by atoms with Crippen LogP contribution < -0.4 is 0 Å². The molecule has 2 heterocycles. The number of aliphatic hydroxyl groups is 1. The molecule has 1 aromatic carbocycles. The van der Waals surface area contributed by atoms with Gasteiger partial charge in [0.2, 0.25) is 0 Å². The number of hydrogen-bond donors (Lipinski definition) is 1. The van der Waals surface area contributed by atoms with Crippen molar-refractivity contribution >= 4 is 5.91 Å². The Morgan fingerprint density at radius 1 is 1.21 bits per heavy atom. The molecular weight excluding hydrogens is 306 g/mol. The summed E-state index contributed by atoms with van der Waals surface area (Å²) in [5.74, 6) is 0.246. The Bertz CT molecular complexity index is 715. The monoisotopic (exact) mass is 327 g/mol. The molecule has 2 aliphatic rings. The fourth-order valence-electron chi connectivity index (χ4n) is 3.97. The zero-order valence-corrected chi connectivity index (χ0v) is 13.5. The van der Waals surface area contributed by atoms with E-state index in [0.717, 1.165) is 31.4 Å². The van der Waals surface area contributed by atoms with Gasteiger partial charge in [-0.05, 0) is 54.0 Å². The Morgan fingerprint density at radius 3 is 2.79 bits per heavy atom. The van der Waals surface area contributed by atoms with Crippen molar-refractivity contribution in [3.05, 3.63) is 36.2 Å². The van der Waals surface area contributed by atoms with Crippen molar-refractivity contribution < 1.29 is 9.90 Å². The molecule has 0 radical (unpaired) electrons. The fourth-order valence-corrected chi connectivity index (χ4v) is 3.97. The summed E-state index contributed by atoms with van der Waals surface area (Å²) in [7, 11) is 0. The van der Waals surface area contributed by atoms with E-state index in [1.807, 2.05) is 17.0 Å². The number of rotatable bonds is 2. The van der Waals surface area contributed by atoms with E-state index in [9.17, 15) is 9.90 Å². The van der Waals surface area contributed by atoms with E-state index in [1.165, 1.54) is 6.33 Å². The van der Waals surface area contributed by atoms with Crippen molar-refractivity contribution in [1.82, 2.24) is 25.1 Å². The van der Waals surface area contributed by atoms with E-state index >= 15 is 0 Å². The normalized spacial score (nSPS) is 26.9. The first-order valence-electron chi connectivity index (χ1n) is 8.51. The van der Waals surface area contributed by atoms with Crippen molar-refractivity contribution in [2.45, 2.75) is 37.7 Å². The fraction of sp³-hybridized carbons (Fsp3) is 0.529. The minimum Gasteiger partial charge on any atom is -0.389 e. The minimum atomic E-state index is -0.557. The summed E-state index contributed by atoms with van der Waals surface area (Å²) >= 11 is 0. The second kappa shape index (κ2) is 5.98. The number of aromatic nitrogens is 4. The average Bonchev–Trinajstić information content (AvgIpc) is 3.15. The third kappa shape index (κ3) is 2.69. The number of tetrazole rings is 1. The van der Waals surface area contributed by atoms with Crippen LogP contribution in [0, 0.1) is 5.92 Å². The van der Waals surface area contributed by atoms with Crippen LogP contribution in [-0.4, -0.2) is 54.8 Å². The van der Waals surface area contributed by atoms with Crippen molar-refractivity contribution in [2.24, 2.45) is 5.92 Å². The van der Waals surface area contributed by atoms with Crippen molar-refractivity contribution in [3.8, 4) is 5.69 Å². The number of fused-ring (bicyclic) bond motifs is 1. The second-order valence-electron chi connectivity index (χ2n) is 6.85. The Balaban J connectivity index is 1.48. The molecule has 2 aromatic rings. The lowest BCUT2D eigenvalue weighted by Crippen LogP contribution is -2.54. The lowest BCUT2D eigenvalue weighted by molar-refractivity contribution is -0.0886. The lowest BCUT2D eigenvalue weighted by Gasteiger charge is -2.47. The van der Waals surface area contributed by atoms with Gasteiger partial charge in [-0.1, -0.05) is 12.8 Å². The Morgan fingerprint density at radius 2 is 2.04 bits per heavy atom. The van der Waals surface area contributed by atoms with E-state index in [4.69, 9.17) is 0 Å². The summed E-state index contributed by atoms with van der Waals surface area (Å²) < 4.78 is 1.55. The maximum absolute atomic E-state index is 12.8. The highest BCUT2D eigenvalue weighted by molar-refractivity contribution is 5.94. The maximum atomic E-state index is 12.8. The first kappa shape index (κ1) is 15.3. The second-order valence-corrected chi connectivity index (χ2v) is 6.85. The minimum absolute atomic E-state index is 0.0332. The molecule has 1 saturated carbocycles. The van der Waals surface area contributed by atoms with Gasteiger partial charge < -0.3 is 10.0 Å². The highest BCUT2D eigenvalue weighted by Crippen LogP contribution is 2.40. The Kier molecular flexibility index (Phi) is 3.80. The zero-order chi connectivity index (χ0) is 16.6. The molecule has 1 aliphatic heterocycles. The molecule has 7 heteroatoms. The van der Waals surface area contributed by atoms with Crippen LogP contribution in [0.4, 0.5) is 0 Å². The van der Waals surface area contributed by atoms with Gasteiger partial charge in [-0.3, -0.25) is 4.79 Å². The number of likely N-dealkylation sites (tertiary alicyclic amines) is 1. The molecule has 0 spiro atoms. The molecule has 2 atom stereocenters. The molecule has 1 aliphatic carbocycles. The van der Waals surface area contributed by atoms with Crippen molar-refractivity contribution in [1.29, 1.82) is 0 Å². The molecule has 1 amide bonds. The SMILES string of the molecule is O=C(c1ccc(-n2cnnn2)cc1)N1CC[C@]2(O)CCCC[C@@H]2C1. The molecule has 1 aromatic heterocycles. The molecule has 24 heavy (non-hydrogen) atoms. The van der Waals surface area contributed by atoms with E-state index in [1.54, 1.807) is 16.8 Å². The van der Waals surface area contributed by atoms with Gasteiger partial charge in [0.05, 0.1) is 11.3 Å². The largest absolute Gasteiger partial charge is 0.389 e. The summed E-state index contributed by atoms with van der Waals surface area (Å²) in [5.41, 5.74) is 0.920. The number of benzene rings is 1. The van der Waals surface area contributed by atoms with Crippen molar-refractivity contribution in [3.63, 3.8) is 0 Å². The quantitative estimate of drug-likeness (QED) is 0.902. The van der Waals surface area contributed by atoms with Gasteiger partial charge in [0.1, 0.15) is 6.33 Å². The third-order valence-electron chi connectivity index (χ3n) is 5.44. The first-order valence-corrected chi connectivity index (χ1v) is 8.51. The molecule has 1 saturated heterocycles. The van der Waals surface area contributed by atoms with Gasteiger partial charge in [0, 0.05) is 24.6 Å². The van der Waals surface area contributed by atoms with Crippen molar-refractivity contribution in [2.75, 3.05) is 13.1 Å². The van der Waals surface area contributed by atoms with Crippen LogP contribution in [0.25, 0.3) is 5.69 Å².